The fourth-order valence-electron chi connectivity index (χ4n) is 3.14. The third-order valence-corrected chi connectivity index (χ3v) is 5.03. The van der Waals surface area contributed by atoms with Crippen LogP contribution < -0.4 is 9.80 Å². The molecule has 0 aliphatic rings. The highest BCUT2D eigenvalue weighted by Gasteiger charge is 2.17. The fraction of sp³-hybridized carbons (Fsp3) is 0.727. The highest BCUT2D eigenvalue weighted by Crippen LogP contribution is 2.19. The number of anilines is 2. The van der Waals surface area contributed by atoms with Gasteiger partial charge in [-0.1, -0.05) is 53.4 Å². The Morgan fingerprint density at radius 3 is 1.48 bits per heavy atom. The molecule has 0 amide bonds. The molecule has 0 fully saturated rings. The number of unbranched alkanes of at least 4 members (excludes halogenated alkanes) is 4. The lowest BCUT2D eigenvalue weighted by Crippen LogP contribution is -2.32. The van der Waals surface area contributed by atoms with Crippen LogP contribution in [0.2, 0.25) is 0 Å². The summed E-state index contributed by atoms with van der Waals surface area (Å²) in [6, 6.07) is 0. The Labute approximate surface area is 176 Å². The first kappa shape index (κ1) is 23.1. The zero-order chi connectivity index (χ0) is 20.9. The van der Waals surface area contributed by atoms with Gasteiger partial charge >= 0.3 is 0 Å². The average Bonchev–Trinajstić information content (AvgIpc) is 3.29. The maximum absolute atomic E-state index is 4.95. The minimum absolute atomic E-state index is 0.651. The predicted molar refractivity (Wildman–Crippen MR) is 121 cm³/mol. The van der Waals surface area contributed by atoms with Crippen LogP contribution in [0, 0.1) is 0 Å². The largest absolute Gasteiger partial charge is 0.341 e. The number of hydrogen-bond acceptors (Lipinski definition) is 6. The third-order valence-electron chi connectivity index (χ3n) is 5.03. The van der Waals surface area contributed by atoms with Gasteiger partial charge in [0.15, 0.2) is 0 Å². The Kier molecular flexibility index (Phi) is 10.5. The van der Waals surface area contributed by atoms with Crippen molar-refractivity contribution in [1.29, 1.82) is 0 Å². The molecule has 0 bridgehead atoms. The van der Waals surface area contributed by atoms with Crippen molar-refractivity contribution >= 4 is 11.9 Å². The van der Waals surface area contributed by atoms with Crippen LogP contribution in [0.3, 0.4) is 0 Å². The van der Waals surface area contributed by atoms with Crippen molar-refractivity contribution in [1.82, 2.24) is 24.5 Å². The van der Waals surface area contributed by atoms with Crippen LogP contribution in [0.5, 0.6) is 0 Å². The van der Waals surface area contributed by atoms with E-state index in [1.807, 2.05) is 10.8 Å². The number of imidazole rings is 1. The molecule has 0 aromatic carbocycles. The second-order valence-corrected chi connectivity index (χ2v) is 7.59. The minimum Gasteiger partial charge on any atom is -0.341 e. The number of rotatable bonds is 15. The van der Waals surface area contributed by atoms with Gasteiger partial charge in [0.05, 0.1) is 0 Å². The SMILES string of the molecule is CCCCN(CCCC)c1nc(N(CCCC)CCCC)nc(-n2ccnc2)n1. The summed E-state index contributed by atoms with van der Waals surface area (Å²) in [6.45, 7) is 12.8. The van der Waals surface area contributed by atoms with Gasteiger partial charge in [-0.25, -0.2) is 4.98 Å². The first-order chi connectivity index (χ1) is 14.2. The Morgan fingerprint density at radius 1 is 0.690 bits per heavy atom. The zero-order valence-electron chi connectivity index (χ0n) is 18.8. The zero-order valence-corrected chi connectivity index (χ0v) is 18.8. The molecule has 0 unspecified atom stereocenters. The molecule has 0 aliphatic heterocycles. The lowest BCUT2D eigenvalue weighted by Gasteiger charge is -2.26. The first-order valence-corrected chi connectivity index (χ1v) is 11.5. The van der Waals surface area contributed by atoms with E-state index in [1.165, 1.54) is 0 Å². The van der Waals surface area contributed by atoms with Crippen molar-refractivity contribution in [2.45, 2.75) is 79.1 Å². The van der Waals surface area contributed by atoms with Gasteiger partial charge in [0.25, 0.3) is 0 Å². The van der Waals surface area contributed by atoms with E-state index in [-0.39, 0.29) is 0 Å². The van der Waals surface area contributed by atoms with E-state index in [0.717, 1.165) is 89.4 Å². The Morgan fingerprint density at radius 2 is 1.14 bits per heavy atom. The van der Waals surface area contributed by atoms with Crippen LogP contribution in [-0.4, -0.2) is 50.7 Å². The van der Waals surface area contributed by atoms with Crippen molar-refractivity contribution in [3.63, 3.8) is 0 Å². The second-order valence-electron chi connectivity index (χ2n) is 7.59. The summed E-state index contributed by atoms with van der Waals surface area (Å²) in [5.41, 5.74) is 0. The second kappa shape index (κ2) is 13.1. The van der Waals surface area contributed by atoms with Crippen LogP contribution in [0.4, 0.5) is 11.9 Å². The van der Waals surface area contributed by atoms with Gasteiger partial charge < -0.3 is 9.80 Å². The molecule has 0 atom stereocenters. The van der Waals surface area contributed by atoms with E-state index >= 15 is 0 Å². The topological polar surface area (TPSA) is 63.0 Å². The van der Waals surface area contributed by atoms with Crippen LogP contribution in [0.1, 0.15) is 79.1 Å². The van der Waals surface area contributed by atoms with Crippen molar-refractivity contribution in [3.8, 4) is 5.95 Å². The smallest absolute Gasteiger partial charge is 0.241 e. The van der Waals surface area contributed by atoms with Gasteiger partial charge in [-0.15, -0.1) is 0 Å². The molecule has 0 saturated carbocycles. The highest BCUT2D eigenvalue weighted by atomic mass is 15.4. The normalized spacial score (nSPS) is 11.0. The van der Waals surface area contributed by atoms with E-state index < -0.39 is 0 Å². The van der Waals surface area contributed by atoms with E-state index in [2.05, 4.69) is 42.5 Å². The molecule has 2 heterocycles. The third kappa shape index (κ3) is 7.29. The maximum Gasteiger partial charge on any atom is 0.241 e. The number of aromatic nitrogens is 5. The summed E-state index contributed by atoms with van der Waals surface area (Å²) in [5.74, 6) is 2.23. The van der Waals surface area contributed by atoms with Gasteiger partial charge in [-0.3, -0.25) is 4.57 Å². The summed E-state index contributed by atoms with van der Waals surface area (Å²) < 4.78 is 1.88. The monoisotopic (exact) mass is 401 g/mol. The van der Waals surface area contributed by atoms with Gasteiger partial charge in [0.1, 0.15) is 6.33 Å². The summed E-state index contributed by atoms with van der Waals surface area (Å²) in [5, 5.41) is 0. The highest BCUT2D eigenvalue weighted by molar-refractivity contribution is 5.42. The Bertz CT molecular complexity index is 618. The molecule has 0 N–H and O–H groups in total. The molecule has 0 aliphatic carbocycles. The summed E-state index contributed by atoms with van der Waals surface area (Å²) in [7, 11) is 0. The van der Waals surface area contributed by atoms with E-state index in [4.69, 9.17) is 15.0 Å². The fourth-order valence-corrected chi connectivity index (χ4v) is 3.14. The summed E-state index contributed by atoms with van der Waals surface area (Å²) >= 11 is 0. The molecule has 0 saturated heterocycles. The standard InChI is InChI=1S/C22H39N7/c1-5-9-14-27(15-10-6-2)20-24-21(28(16-11-7-3)17-12-8-4)26-22(25-20)29-18-13-23-19-29/h13,18-19H,5-12,14-17H2,1-4H3. The van der Waals surface area contributed by atoms with Crippen molar-refractivity contribution in [2.24, 2.45) is 0 Å². The van der Waals surface area contributed by atoms with Gasteiger partial charge in [0.2, 0.25) is 17.8 Å². The van der Waals surface area contributed by atoms with E-state index in [9.17, 15) is 0 Å². The van der Waals surface area contributed by atoms with Crippen LogP contribution in [-0.2, 0) is 0 Å². The quantitative estimate of drug-likeness (QED) is 0.424. The van der Waals surface area contributed by atoms with E-state index in [0.29, 0.717) is 5.95 Å². The van der Waals surface area contributed by atoms with E-state index in [1.54, 1.807) is 12.5 Å². The molecule has 29 heavy (non-hydrogen) atoms. The Hall–Kier alpha value is -2.18. The van der Waals surface area contributed by atoms with Crippen molar-refractivity contribution in [3.05, 3.63) is 18.7 Å². The molecule has 0 spiro atoms. The first-order valence-electron chi connectivity index (χ1n) is 11.5. The molecule has 2 rings (SSSR count). The molecular weight excluding hydrogens is 362 g/mol. The lowest BCUT2D eigenvalue weighted by atomic mass is 10.2. The van der Waals surface area contributed by atoms with Crippen LogP contribution in [0.15, 0.2) is 18.7 Å². The average molecular weight is 402 g/mol. The number of nitrogens with zero attached hydrogens (tertiary/aromatic N) is 7. The maximum atomic E-state index is 4.95. The molecule has 2 aromatic rings. The van der Waals surface area contributed by atoms with Gasteiger partial charge in [0, 0.05) is 38.6 Å². The van der Waals surface area contributed by atoms with Crippen LogP contribution >= 0.6 is 0 Å². The van der Waals surface area contributed by atoms with Gasteiger partial charge in [-0.2, -0.15) is 15.0 Å². The molecule has 7 nitrogen and oxygen atoms in total. The van der Waals surface area contributed by atoms with Crippen LogP contribution in [0.25, 0.3) is 5.95 Å². The molecular formula is C22H39N7. The Balaban J connectivity index is 2.42. The molecule has 2 aromatic heterocycles. The van der Waals surface area contributed by atoms with Gasteiger partial charge in [-0.05, 0) is 25.7 Å². The summed E-state index contributed by atoms with van der Waals surface area (Å²) in [4.78, 5) is 23.4. The van der Waals surface area contributed by atoms with Crippen molar-refractivity contribution in [2.75, 3.05) is 36.0 Å². The minimum atomic E-state index is 0.651. The molecule has 162 valence electrons. The molecule has 7 heteroatoms. The predicted octanol–water partition coefficient (Wildman–Crippen LogP) is 4.87. The number of hydrogen-bond donors (Lipinski definition) is 0. The lowest BCUT2D eigenvalue weighted by molar-refractivity contribution is 0.641. The molecule has 0 radical (unpaired) electrons. The van der Waals surface area contributed by atoms with Crippen molar-refractivity contribution < 1.29 is 0 Å². The summed E-state index contributed by atoms with van der Waals surface area (Å²) in [6.07, 6.45) is 14.6.